The molecule has 1 aromatic carbocycles. The first kappa shape index (κ1) is 17.0. The number of thiocarbonyl (C=S) groups is 1. The highest BCUT2D eigenvalue weighted by molar-refractivity contribution is 7.80. The zero-order chi connectivity index (χ0) is 15.5. The van der Waals surface area contributed by atoms with Crippen LogP contribution in [0.1, 0.15) is 26.3 Å². The number of phenolic OH excluding ortho intramolecular Hbond substituents is 1. The number of aromatic hydroxyl groups is 1. The van der Waals surface area contributed by atoms with E-state index in [-0.39, 0.29) is 16.3 Å². The van der Waals surface area contributed by atoms with Gasteiger partial charge in [-0.25, -0.2) is 5.01 Å². The van der Waals surface area contributed by atoms with Gasteiger partial charge in [0.1, 0.15) is 5.75 Å². The largest absolute Gasteiger partial charge is 0.506 e. The van der Waals surface area contributed by atoms with E-state index in [9.17, 15) is 5.11 Å². The molecule has 0 aliphatic carbocycles. The predicted octanol–water partition coefficient (Wildman–Crippen LogP) is 3.64. The minimum Gasteiger partial charge on any atom is -0.506 e. The zero-order valence-corrected chi connectivity index (χ0v) is 14.1. The van der Waals surface area contributed by atoms with Crippen LogP contribution in [0.3, 0.4) is 0 Å². The fraction of sp³-hybridized carbons (Fsp3) is 0.385. The predicted molar refractivity (Wildman–Crippen MR) is 89.0 cm³/mol. The molecule has 20 heavy (non-hydrogen) atoms. The number of nitrogens with one attached hydrogen (secondary N) is 1. The molecule has 0 aliphatic heterocycles. The van der Waals surface area contributed by atoms with Crippen molar-refractivity contribution in [1.82, 2.24) is 10.3 Å². The fourth-order valence-electron chi connectivity index (χ4n) is 1.29. The molecule has 0 aromatic heterocycles. The van der Waals surface area contributed by atoms with E-state index in [4.69, 9.17) is 35.4 Å². The molecule has 1 aromatic rings. The van der Waals surface area contributed by atoms with Crippen LogP contribution in [0, 0.1) is 0 Å². The minimum absolute atomic E-state index is 0.0667. The fourth-order valence-corrected chi connectivity index (χ4v) is 2.15. The van der Waals surface area contributed by atoms with Gasteiger partial charge >= 0.3 is 0 Å². The normalized spacial score (nSPS) is 11.7. The summed E-state index contributed by atoms with van der Waals surface area (Å²) in [5.74, 6) is -0.0667. The monoisotopic (exact) mass is 333 g/mol. The van der Waals surface area contributed by atoms with Crippen LogP contribution < -0.4 is 5.32 Å². The van der Waals surface area contributed by atoms with Crippen LogP contribution in [0.25, 0.3) is 0 Å². The lowest BCUT2D eigenvalue weighted by atomic mass is 10.1. The molecule has 0 bridgehead atoms. The van der Waals surface area contributed by atoms with Crippen LogP contribution in [0.5, 0.6) is 5.75 Å². The molecule has 0 aliphatic rings. The van der Waals surface area contributed by atoms with Gasteiger partial charge in [0.05, 0.1) is 11.2 Å². The third kappa shape index (κ3) is 5.15. The van der Waals surface area contributed by atoms with E-state index in [1.165, 1.54) is 17.3 Å². The first-order valence-corrected chi connectivity index (χ1v) is 7.04. The van der Waals surface area contributed by atoms with Crippen molar-refractivity contribution in [3.63, 3.8) is 0 Å². The molecule has 0 atom stereocenters. The molecule has 1 rings (SSSR count). The van der Waals surface area contributed by atoms with Crippen LogP contribution >= 0.6 is 35.4 Å². The molecule has 110 valence electrons. The molecule has 7 heteroatoms. The Morgan fingerprint density at radius 3 is 2.55 bits per heavy atom. The van der Waals surface area contributed by atoms with Crippen molar-refractivity contribution < 1.29 is 5.11 Å². The highest BCUT2D eigenvalue weighted by Gasteiger charge is 2.13. The summed E-state index contributed by atoms with van der Waals surface area (Å²) in [7, 11) is 1.71. The Labute approximate surface area is 134 Å². The maximum Gasteiger partial charge on any atom is 0.189 e. The number of hydrogen-bond donors (Lipinski definition) is 2. The SMILES string of the molecule is CN(N=Cc1cc(Cl)cc(Cl)c1O)C(=S)NC(C)(C)C. The van der Waals surface area contributed by atoms with E-state index in [1.807, 2.05) is 20.8 Å². The Balaban J connectivity index is 2.85. The second kappa shape index (κ2) is 6.61. The summed E-state index contributed by atoms with van der Waals surface area (Å²) >= 11 is 16.9. The van der Waals surface area contributed by atoms with Crippen molar-refractivity contribution >= 4 is 46.7 Å². The summed E-state index contributed by atoms with van der Waals surface area (Å²) in [6.45, 7) is 6.00. The highest BCUT2D eigenvalue weighted by atomic mass is 35.5. The van der Waals surface area contributed by atoms with Gasteiger partial charge < -0.3 is 10.4 Å². The van der Waals surface area contributed by atoms with E-state index in [2.05, 4.69) is 10.4 Å². The van der Waals surface area contributed by atoms with Gasteiger partial charge in [-0.2, -0.15) is 5.10 Å². The Kier molecular flexibility index (Phi) is 5.62. The third-order valence-corrected chi connectivity index (χ3v) is 3.08. The summed E-state index contributed by atoms with van der Waals surface area (Å²) in [6.07, 6.45) is 1.45. The lowest BCUT2D eigenvalue weighted by Crippen LogP contribution is -2.45. The molecule has 0 heterocycles. The van der Waals surface area contributed by atoms with Gasteiger partial charge in [-0.3, -0.25) is 0 Å². The van der Waals surface area contributed by atoms with Crippen molar-refractivity contribution in [1.29, 1.82) is 0 Å². The first-order valence-electron chi connectivity index (χ1n) is 5.88. The Morgan fingerprint density at radius 1 is 1.40 bits per heavy atom. The average molecular weight is 334 g/mol. The van der Waals surface area contributed by atoms with Crippen LogP contribution in [0.4, 0.5) is 0 Å². The van der Waals surface area contributed by atoms with E-state index >= 15 is 0 Å². The van der Waals surface area contributed by atoms with E-state index in [1.54, 1.807) is 13.1 Å². The molecule has 0 unspecified atom stereocenters. The van der Waals surface area contributed by atoms with Gasteiger partial charge in [-0.1, -0.05) is 23.2 Å². The smallest absolute Gasteiger partial charge is 0.189 e. The number of rotatable bonds is 2. The van der Waals surface area contributed by atoms with Gasteiger partial charge in [-0.05, 0) is 45.1 Å². The minimum atomic E-state index is -0.150. The summed E-state index contributed by atoms with van der Waals surface area (Å²) < 4.78 is 0. The molecular weight excluding hydrogens is 317 g/mol. The van der Waals surface area contributed by atoms with Crippen LogP contribution in [-0.2, 0) is 0 Å². The molecule has 4 nitrogen and oxygen atoms in total. The van der Waals surface area contributed by atoms with Crippen molar-refractivity contribution in [3.8, 4) is 5.75 Å². The molecule has 0 radical (unpaired) electrons. The van der Waals surface area contributed by atoms with Gasteiger partial charge in [0, 0.05) is 23.2 Å². The molecule has 0 amide bonds. The third-order valence-electron chi connectivity index (χ3n) is 2.20. The maximum atomic E-state index is 9.81. The maximum absolute atomic E-state index is 9.81. The molecule has 0 saturated heterocycles. The summed E-state index contributed by atoms with van der Waals surface area (Å²) in [4.78, 5) is 0. The molecule has 0 fully saturated rings. The average Bonchev–Trinajstić information content (AvgIpc) is 2.29. The number of hydrazone groups is 1. The summed E-state index contributed by atoms with van der Waals surface area (Å²) in [5.41, 5.74) is 0.274. The highest BCUT2D eigenvalue weighted by Crippen LogP contribution is 2.30. The second-order valence-corrected chi connectivity index (χ2v) is 6.50. The summed E-state index contributed by atoms with van der Waals surface area (Å²) in [5, 5.41) is 19.7. The number of phenols is 1. The zero-order valence-electron chi connectivity index (χ0n) is 11.7. The Bertz CT molecular complexity index is 541. The van der Waals surface area contributed by atoms with Crippen LogP contribution in [-0.4, -0.2) is 34.0 Å². The lowest BCUT2D eigenvalue weighted by Gasteiger charge is -2.25. The standard InChI is InChI=1S/C13H17Cl2N3OS/c1-13(2,3)17-12(20)18(4)16-7-8-5-9(14)6-10(15)11(8)19/h5-7,19H,1-4H3,(H,17,20). The van der Waals surface area contributed by atoms with Crippen molar-refractivity contribution in [2.45, 2.75) is 26.3 Å². The number of hydrogen-bond acceptors (Lipinski definition) is 3. The van der Waals surface area contributed by atoms with Gasteiger partial charge in [-0.15, -0.1) is 0 Å². The molecular formula is C13H17Cl2N3OS. The number of benzene rings is 1. The number of halogens is 2. The topological polar surface area (TPSA) is 47.9 Å². The van der Waals surface area contributed by atoms with E-state index in [0.717, 1.165) is 0 Å². The summed E-state index contributed by atoms with van der Waals surface area (Å²) in [6, 6.07) is 3.03. The molecule has 0 saturated carbocycles. The Morgan fingerprint density at radius 2 is 2.00 bits per heavy atom. The van der Waals surface area contributed by atoms with Gasteiger partial charge in [0.15, 0.2) is 5.11 Å². The van der Waals surface area contributed by atoms with E-state index < -0.39 is 0 Å². The van der Waals surface area contributed by atoms with Crippen LogP contribution in [0.2, 0.25) is 10.0 Å². The first-order chi connectivity index (χ1) is 9.10. The molecule has 0 spiro atoms. The van der Waals surface area contributed by atoms with Crippen molar-refractivity contribution in [3.05, 3.63) is 27.7 Å². The van der Waals surface area contributed by atoms with Crippen molar-refractivity contribution in [2.24, 2.45) is 5.10 Å². The molecule has 2 N–H and O–H groups in total. The van der Waals surface area contributed by atoms with E-state index in [0.29, 0.717) is 15.7 Å². The van der Waals surface area contributed by atoms with Gasteiger partial charge in [0.25, 0.3) is 0 Å². The Hall–Kier alpha value is -1.04. The van der Waals surface area contributed by atoms with Crippen molar-refractivity contribution in [2.75, 3.05) is 7.05 Å². The quantitative estimate of drug-likeness (QED) is 0.492. The number of nitrogens with zero attached hydrogens (tertiary/aromatic N) is 2. The van der Waals surface area contributed by atoms with Crippen LogP contribution in [0.15, 0.2) is 17.2 Å². The second-order valence-electron chi connectivity index (χ2n) is 5.27. The van der Waals surface area contributed by atoms with Gasteiger partial charge in [0.2, 0.25) is 0 Å². The lowest BCUT2D eigenvalue weighted by molar-refractivity contribution is 0.454.